The number of pyridine rings is 1. The lowest BCUT2D eigenvalue weighted by Crippen LogP contribution is -2.32. The number of aromatic carboxylic acids is 1. The van der Waals surface area contributed by atoms with Gasteiger partial charge in [-0.2, -0.15) is 13.2 Å². The molecular weight excluding hydrogens is 491 g/mol. The number of hydrogen-bond acceptors (Lipinski definition) is 5. The Labute approximate surface area is 177 Å². The smallest absolute Gasteiger partial charge is 0.433 e. The molecule has 3 rings (SSSR count). The number of allylic oxidation sites excluding steroid dienone is 1. The van der Waals surface area contributed by atoms with Gasteiger partial charge in [0.15, 0.2) is 15.6 Å². The summed E-state index contributed by atoms with van der Waals surface area (Å²) in [5.74, 6) is -2.54. The van der Waals surface area contributed by atoms with E-state index in [2.05, 4.69) is 20.9 Å². The lowest BCUT2D eigenvalue weighted by Gasteiger charge is -2.28. The molecule has 1 heterocycles. The molecule has 1 aromatic carbocycles. The highest BCUT2D eigenvalue weighted by molar-refractivity contribution is 9.10. The van der Waals surface area contributed by atoms with E-state index >= 15 is 0 Å². The first-order valence-corrected chi connectivity index (χ1v) is 10.8. The maximum atomic E-state index is 13.2. The zero-order chi connectivity index (χ0) is 22.3. The van der Waals surface area contributed by atoms with Crippen molar-refractivity contribution in [1.29, 1.82) is 0 Å². The fourth-order valence-electron chi connectivity index (χ4n) is 3.22. The summed E-state index contributed by atoms with van der Waals surface area (Å²) >= 11 is 3.17. The standard InChI is InChI=1S/C19H13BrF3NO5S/c20-17-12(2-1-3-13(17)18(26)27)14-8-10(25)4-6-15(14)30(28,29)11-5-7-16(24-9-11)19(21,22)23/h1-7,9,14-15H,8H2,(H,26,27). The van der Waals surface area contributed by atoms with Crippen molar-refractivity contribution < 1.29 is 36.3 Å². The van der Waals surface area contributed by atoms with Crippen LogP contribution in [0.5, 0.6) is 0 Å². The molecule has 158 valence electrons. The molecule has 0 spiro atoms. The van der Waals surface area contributed by atoms with Crippen LogP contribution in [0.15, 0.2) is 58.0 Å². The van der Waals surface area contributed by atoms with Crippen LogP contribution in [0.3, 0.4) is 0 Å². The monoisotopic (exact) mass is 503 g/mol. The van der Waals surface area contributed by atoms with Crippen molar-refractivity contribution in [2.75, 3.05) is 0 Å². The van der Waals surface area contributed by atoms with Gasteiger partial charge >= 0.3 is 12.1 Å². The Bertz CT molecular complexity index is 1140. The summed E-state index contributed by atoms with van der Waals surface area (Å²) in [6.07, 6.45) is -2.03. The lowest BCUT2D eigenvalue weighted by molar-refractivity contribution is -0.141. The quantitative estimate of drug-likeness (QED) is 0.676. The van der Waals surface area contributed by atoms with Crippen molar-refractivity contribution in [1.82, 2.24) is 4.98 Å². The van der Waals surface area contributed by atoms with Crippen LogP contribution in [0.25, 0.3) is 0 Å². The summed E-state index contributed by atoms with van der Waals surface area (Å²) in [5.41, 5.74) is -1.05. The molecule has 0 amide bonds. The molecule has 1 N–H and O–H groups in total. The van der Waals surface area contributed by atoms with Crippen LogP contribution in [-0.2, 0) is 20.8 Å². The van der Waals surface area contributed by atoms with Crippen LogP contribution in [0.2, 0.25) is 0 Å². The van der Waals surface area contributed by atoms with Crippen LogP contribution in [0.4, 0.5) is 13.2 Å². The number of carboxylic acid groups (broad SMARTS) is 1. The Hall–Kier alpha value is -2.53. The van der Waals surface area contributed by atoms with Gasteiger partial charge in [-0.05, 0) is 45.8 Å². The number of alkyl halides is 3. The SMILES string of the molecule is O=C1C=CC(S(=O)(=O)c2ccc(C(F)(F)F)nc2)C(c2cccc(C(=O)O)c2Br)C1. The molecule has 0 saturated carbocycles. The topological polar surface area (TPSA) is 101 Å². The minimum atomic E-state index is -4.72. The third-order valence-electron chi connectivity index (χ3n) is 4.66. The predicted molar refractivity (Wildman–Crippen MR) is 103 cm³/mol. The van der Waals surface area contributed by atoms with E-state index in [1.54, 1.807) is 0 Å². The molecule has 0 aliphatic heterocycles. The van der Waals surface area contributed by atoms with Crippen molar-refractivity contribution >= 4 is 37.5 Å². The summed E-state index contributed by atoms with van der Waals surface area (Å²) in [5, 5.41) is 8.01. The number of ketones is 1. The van der Waals surface area contributed by atoms with Gasteiger partial charge < -0.3 is 5.11 Å². The van der Waals surface area contributed by atoms with Crippen molar-refractivity contribution in [2.24, 2.45) is 0 Å². The fourth-order valence-corrected chi connectivity index (χ4v) is 5.68. The highest BCUT2D eigenvalue weighted by Gasteiger charge is 2.39. The zero-order valence-corrected chi connectivity index (χ0v) is 17.3. The number of sulfone groups is 1. The van der Waals surface area contributed by atoms with Crippen LogP contribution in [0.1, 0.15) is 34.0 Å². The normalized spacial score (nSPS) is 19.7. The number of nitrogens with zero attached hydrogens (tertiary/aromatic N) is 1. The lowest BCUT2D eigenvalue weighted by atomic mass is 9.86. The largest absolute Gasteiger partial charge is 0.478 e. The van der Waals surface area contributed by atoms with Crippen molar-refractivity contribution in [3.63, 3.8) is 0 Å². The summed E-state index contributed by atoms with van der Waals surface area (Å²) < 4.78 is 64.6. The molecule has 30 heavy (non-hydrogen) atoms. The van der Waals surface area contributed by atoms with Gasteiger partial charge in [-0.15, -0.1) is 0 Å². The molecular formula is C19H13BrF3NO5S. The minimum absolute atomic E-state index is 0.109. The minimum Gasteiger partial charge on any atom is -0.478 e. The van der Waals surface area contributed by atoms with Gasteiger partial charge in [0.05, 0.1) is 15.7 Å². The van der Waals surface area contributed by atoms with Crippen LogP contribution in [-0.4, -0.2) is 35.5 Å². The van der Waals surface area contributed by atoms with E-state index in [4.69, 9.17) is 0 Å². The number of carbonyl (C=O) groups excluding carboxylic acids is 1. The average Bonchev–Trinajstić information content (AvgIpc) is 2.67. The van der Waals surface area contributed by atoms with Gasteiger partial charge in [0, 0.05) is 23.0 Å². The Kier molecular flexibility index (Phi) is 5.87. The van der Waals surface area contributed by atoms with E-state index in [9.17, 15) is 36.3 Å². The summed E-state index contributed by atoms with van der Waals surface area (Å²) in [7, 11) is -4.23. The number of carboxylic acids is 1. The maximum Gasteiger partial charge on any atom is 0.433 e. The zero-order valence-electron chi connectivity index (χ0n) is 14.9. The molecule has 0 saturated heterocycles. The molecule has 11 heteroatoms. The molecule has 0 bridgehead atoms. The second kappa shape index (κ2) is 7.95. The van der Waals surface area contributed by atoms with Crippen LogP contribution in [0, 0.1) is 0 Å². The van der Waals surface area contributed by atoms with E-state index in [0.29, 0.717) is 17.8 Å². The van der Waals surface area contributed by atoms with Gasteiger partial charge in [-0.25, -0.2) is 13.2 Å². The van der Waals surface area contributed by atoms with Gasteiger partial charge in [-0.3, -0.25) is 9.78 Å². The Balaban J connectivity index is 2.08. The second-order valence-corrected chi connectivity index (χ2v) is 9.44. The molecule has 6 nitrogen and oxygen atoms in total. The van der Waals surface area contributed by atoms with Gasteiger partial charge in [0.25, 0.3) is 0 Å². The Morgan fingerprint density at radius 3 is 2.47 bits per heavy atom. The number of benzene rings is 1. The maximum absolute atomic E-state index is 13.2. The molecule has 1 aromatic heterocycles. The molecule has 2 aromatic rings. The number of halogens is 4. The highest BCUT2D eigenvalue weighted by atomic mass is 79.9. The molecule has 1 aliphatic carbocycles. The van der Waals surface area contributed by atoms with Gasteiger partial charge in [0.1, 0.15) is 5.69 Å². The van der Waals surface area contributed by atoms with Gasteiger partial charge in [0.2, 0.25) is 0 Å². The van der Waals surface area contributed by atoms with Crippen molar-refractivity contribution in [2.45, 2.75) is 28.7 Å². The van der Waals surface area contributed by atoms with E-state index in [0.717, 1.165) is 12.1 Å². The molecule has 0 fully saturated rings. The first-order valence-electron chi connectivity index (χ1n) is 8.43. The first-order chi connectivity index (χ1) is 13.9. The van der Waals surface area contributed by atoms with Crippen molar-refractivity contribution in [3.8, 4) is 0 Å². The Morgan fingerprint density at radius 2 is 1.90 bits per heavy atom. The molecule has 1 aliphatic rings. The van der Waals surface area contributed by atoms with Crippen LogP contribution < -0.4 is 0 Å². The third kappa shape index (κ3) is 4.17. The summed E-state index contributed by atoms with van der Waals surface area (Å²) in [4.78, 5) is 26.2. The fraction of sp³-hybridized carbons (Fsp3) is 0.211. The molecule has 2 unspecified atom stereocenters. The first kappa shape index (κ1) is 22.2. The molecule has 2 atom stereocenters. The summed E-state index contributed by atoms with van der Waals surface area (Å²) in [6, 6.07) is 5.63. The number of rotatable bonds is 4. The number of carbonyl (C=O) groups is 2. The van der Waals surface area contributed by atoms with E-state index < -0.39 is 43.7 Å². The third-order valence-corrected chi connectivity index (χ3v) is 7.65. The van der Waals surface area contributed by atoms with E-state index in [-0.39, 0.29) is 22.2 Å². The van der Waals surface area contributed by atoms with Crippen LogP contribution >= 0.6 is 15.9 Å². The van der Waals surface area contributed by atoms with E-state index in [1.807, 2.05) is 0 Å². The highest BCUT2D eigenvalue weighted by Crippen LogP contribution is 2.39. The van der Waals surface area contributed by atoms with E-state index in [1.165, 1.54) is 24.3 Å². The summed E-state index contributed by atoms with van der Waals surface area (Å²) in [6.45, 7) is 0. The average molecular weight is 504 g/mol. The molecule has 0 radical (unpaired) electrons. The predicted octanol–water partition coefficient (Wildman–Crippen LogP) is 4.02. The Morgan fingerprint density at radius 1 is 1.20 bits per heavy atom. The number of hydrogen-bond donors (Lipinski definition) is 1. The second-order valence-electron chi connectivity index (χ2n) is 6.54. The number of aromatic nitrogens is 1. The van der Waals surface area contributed by atoms with Crippen molar-refractivity contribution in [3.05, 3.63) is 70.0 Å². The van der Waals surface area contributed by atoms with Gasteiger partial charge in [-0.1, -0.05) is 18.2 Å².